The van der Waals surface area contributed by atoms with Gasteiger partial charge in [-0.25, -0.2) is 4.79 Å². The molecule has 32 heavy (non-hydrogen) atoms. The lowest BCUT2D eigenvalue weighted by molar-refractivity contribution is -0.192. The van der Waals surface area contributed by atoms with E-state index in [2.05, 4.69) is 10.1 Å². The van der Waals surface area contributed by atoms with Crippen molar-refractivity contribution >= 4 is 11.9 Å². The number of carboxylic acid groups (broad SMARTS) is 1. The van der Waals surface area contributed by atoms with Crippen molar-refractivity contribution in [3.63, 3.8) is 0 Å². The van der Waals surface area contributed by atoms with Gasteiger partial charge in [-0.2, -0.15) is 13.2 Å². The van der Waals surface area contributed by atoms with E-state index in [1.165, 1.54) is 0 Å². The average molecular weight is 457 g/mol. The number of aryl methyl sites for hydroxylation is 1. The number of ether oxygens (including phenoxy) is 2. The molecule has 0 spiro atoms. The van der Waals surface area contributed by atoms with Crippen LogP contribution in [0.1, 0.15) is 34.7 Å². The lowest BCUT2D eigenvalue weighted by Gasteiger charge is -2.38. The van der Waals surface area contributed by atoms with E-state index in [9.17, 15) is 18.0 Å². The van der Waals surface area contributed by atoms with E-state index in [0.29, 0.717) is 31.2 Å². The van der Waals surface area contributed by atoms with Crippen molar-refractivity contribution in [2.75, 3.05) is 13.2 Å². The zero-order valence-electron chi connectivity index (χ0n) is 17.1. The lowest BCUT2D eigenvalue weighted by atomic mass is 10.1. The molecule has 0 bridgehead atoms. The Bertz CT molecular complexity index is 921. The molecule has 3 atom stereocenters. The van der Waals surface area contributed by atoms with Gasteiger partial charge in [0, 0.05) is 25.0 Å². The molecule has 4 rings (SSSR count). The van der Waals surface area contributed by atoms with Gasteiger partial charge in [-0.05, 0) is 37.5 Å². The second kappa shape index (κ2) is 10.1. The van der Waals surface area contributed by atoms with Crippen LogP contribution in [0.25, 0.3) is 0 Å². The highest BCUT2D eigenvalue weighted by molar-refractivity contribution is 5.92. The van der Waals surface area contributed by atoms with Gasteiger partial charge in [-0.1, -0.05) is 5.16 Å². The highest BCUT2D eigenvalue weighted by Crippen LogP contribution is 2.33. The highest BCUT2D eigenvalue weighted by atomic mass is 19.4. The maximum Gasteiger partial charge on any atom is 0.490 e. The zero-order valence-corrected chi connectivity index (χ0v) is 17.1. The van der Waals surface area contributed by atoms with Crippen molar-refractivity contribution in [2.24, 2.45) is 0 Å². The predicted molar refractivity (Wildman–Crippen MR) is 102 cm³/mol. The number of hydrogen-bond donors (Lipinski definition) is 1. The van der Waals surface area contributed by atoms with Crippen molar-refractivity contribution in [1.29, 1.82) is 0 Å². The summed E-state index contributed by atoms with van der Waals surface area (Å²) in [7, 11) is 0. The second-order valence-electron chi connectivity index (χ2n) is 7.31. The SMILES string of the molecule is Cc1cc(C(=O)N2CCO[C@H]3[C@@H](OCc4ccncc4)CC[C@@H]32)no1.O=C(O)C(F)(F)F. The van der Waals surface area contributed by atoms with Crippen LogP contribution >= 0.6 is 0 Å². The molecule has 1 N–H and O–H groups in total. The van der Waals surface area contributed by atoms with Gasteiger partial charge in [-0.15, -0.1) is 0 Å². The summed E-state index contributed by atoms with van der Waals surface area (Å²) in [4.78, 5) is 27.5. The Labute approximate surface area is 181 Å². The Hall–Kier alpha value is -2.99. The van der Waals surface area contributed by atoms with Crippen LogP contribution in [0.3, 0.4) is 0 Å². The number of fused-ring (bicyclic) bond motifs is 1. The first-order valence-corrected chi connectivity index (χ1v) is 9.83. The van der Waals surface area contributed by atoms with Gasteiger partial charge in [0.05, 0.1) is 25.4 Å². The van der Waals surface area contributed by atoms with Crippen molar-refractivity contribution in [3.05, 3.63) is 47.6 Å². The third-order valence-corrected chi connectivity index (χ3v) is 5.10. The number of carbonyl (C=O) groups is 2. The van der Waals surface area contributed by atoms with E-state index in [1.807, 2.05) is 17.0 Å². The number of alkyl halides is 3. The molecule has 12 heteroatoms. The standard InChI is InChI=1S/C18H21N3O4.C2HF3O2/c1-12-10-14(20-25-12)18(22)21-8-9-23-17-15(21)2-3-16(17)24-11-13-4-6-19-7-5-13;3-2(4,5)1(6)7/h4-7,10,15-17H,2-3,8-9,11H2,1H3;(H,6,7)/t15-,16-,17+;/m0./s1. The van der Waals surface area contributed by atoms with Crippen molar-refractivity contribution < 1.29 is 41.9 Å². The van der Waals surface area contributed by atoms with Crippen LogP contribution in [0.5, 0.6) is 0 Å². The Morgan fingerprint density at radius 1 is 1.28 bits per heavy atom. The third kappa shape index (κ3) is 5.82. The average Bonchev–Trinajstić information content (AvgIpc) is 3.38. The fourth-order valence-corrected chi connectivity index (χ4v) is 3.64. The molecule has 1 saturated carbocycles. The number of amides is 1. The molecule has 0 unspecified atom stereocenters. The zero-order chi connectivity index (χ0) is 23.3. The third-order valence-electron chi connectivity index (χ3n) is 5.10. The summed E-state index contributed by atoms with van der Waals surface area (Å²) >= 11 is 0. The first-order valence-electron chi connectivity index (χ1n) is 9.83. The number of hydrogen-bond acceptors (Lipinski definition) is 7. The van der Waals surface area contributed by atoms with Crippen molar-refractivity contribution in [3.8, 4) is 0 Å². The monoisotopic (exact) mass is 457 g/mol. The molecule has 2 aliphatic rings. The Morgan fingerprint density at radius 3 is 2.56 bits per heavy atom. The van der Waals surface area contributed by atoms with E-state index in [1.54, 1.807) is 25.4 Å². The summed E-state index contributed by atoms with van der Waals surface area (Å²) in [6.07, 6.45) is 0.0811. The topological polar surface area (TPSA) is 115 Å². The van der Waals surface area contributed by atoms with Crippen LogP contribution in [0.2, 0.25) is 0 Å². The molecule has 2 aromatic rings. The minimum atomic E-state index is -5.08. The highest BCUT2D eigenvalue weighted by Gasteiger charge is 2.45. The number of morpholine rings is 1. The van der Waals surface area contributed by atoms with Gasteiger partial charge in [-0.3, -0.25) is 9.78 Å². The summed E-state index contributed by atoms with van der Waals surface area (Å²) in [6, 6.07) is 5.59. The number of aromatic nitrogens is 2. The maximum absolute atomic E-state index is 12.7. The minimum Gasteiger partial charge on any atom is -0.475 e. The van der Waals surface area contributed by atoms with Gasteiger partial charge in [0.25, 0.3) is 5.91 Å². The van der Waals surface area contributed by atoms with Crippen LogP contribution in [-0.2, 0) is 20.9 Å². The summed E-state index contributed by atoms with van der Waals surface area (Å²) in [5, 5.41) is 11.0. The molecule has 1 aliphatic heterocycles. The van der Waals surface area contributed by atoms with Gasteiger partial charge >= 0.3 is 12.1 Å². The number of halogens is 3. The fourth-order valence-electron chi connectivity index (χ4n) is 3.64. The van der Waals surface area contributed by atoms with Gasteiger partial charge in [0.15, 0.2) is 5.69 Å². The summed E-state index contributed by atoms with van der Waals surface area (Å²) in [5.41, 5.74) is 1.44. The molecule has 174 valence electrons. The molecule has 3 heterocycles. The van der Waals surface area contributed by atoms with Crippen molar-refractivity contribution in [1.82, 2.24) is 15.0 Å². The number of rotatable bonds is 4. The quantitative estimate of drug-likeness (QED) is 0.745. The Kier molecular flexibility index (Phi) is 7.46. The number of pyridine rings is 1. The number of aliphatic carboxylic acids is 1. The fraction of sp³-hybridized carbons (Fsp3) is 0.500. The normalized spacial score (nSPS) is 22.6. The van der Waals surface area contributed by atoms with Crippen LogP contribution in [0.15, 0.2) is 35.1 Å². The molecular formula is C20H22F3N3O6. The van der Waals surface area contributed by atoms with E-state index in [4.69, 9.17) is 23.9 Å². The number of nitrogens with zero attached hydrogens (tertiary/aromatic N) is 3. The molecule has 1 saturated heterocycles. The molecule has 0 radical (unpaired) electrons. The summed E-state index contributed by atoms with van der Waals surface area (Å²) in [5.74, 6) is -2.21. The maximum atomic E-state index is 12.7. The lowest BCUT2D eigenvalue weighted by Crippen LogP contribution is -2.53. The summed E-state index contributed by atoms with van der Waals surface area (Å²) < 4.78 is 48.8. The number of carbonyl (C=O) groups excluding carboxylic acids is 1. The molecule has 2 fully saturated rings. The smallest absolute Gasteiger partial charge is 0.475 e. The molecule has 1 aliphatic carbocycles. The van der Waals surface area contributed by atoms with Crippen LogP contribution in [-0.4, -0.2) is 69.6 Å². The van der Waals surface area contributed by atoms with Gasteiger partial charge in [0.2, 0.25) is 0 Å². The van der Waals surface area contributed by atoms with Crippen molar-refractivity contribution in [2.45, 2.75) is 50.8 Å². The van der Waals surface area contributed by atoms with E-state index >= 15 is 0 Å². The first-order chi connectivity index (χ1) is 15.2. The minimum absolute atomic E-state index is 0.00666. The van der Waals surface area contributed by atoms with Crippen LogP contribution < -0.4 is 0 Å². The molecule has 2 aromatic heterocycles. The van der Waals surface area contributed by atoms with Gasteiger partial charge < -0.3 is 24.0 Å². The molecule has 9 nitrogen and oxygen atoms in total. The van der Waals surface area contributed by atoms with E-state index < -0.39 is 12.1 Å². The van der Waals surface area contributed by atoms with Crippen LogP contribution in [0.4, 0.5) is 13.2 Å². The molecular weight excluding hydrogens is 435 g/mol. The summed E-state index contributed by atoms with van der Waals surface area (Å²) in [6.45, 7) is 3.39. The predicted octanol–water partition coefficient (Wildman–Crippen LogP) is 2.60. The van der Waals surface area contributed by atoms with E-state index in [0.717, 1.165) is 18.4 Å². The van der Waals surface area contributed by atoms with Crippen LogP contribution in [0, 0.1) is 6.92 Å². The Balaban J connectivity index is 0.000000360. The molecule has 0 aromatic carbocycles. The Morgan fingerprint density at radius 2 is 1.97 bits per heavy atom. The van der Waals surface area contributed by atoms with Gasteiger partial charge in [0.1, 0.15) is 11.9 Å². The first kappa shape index (κ1) is 23.7. The number of carboxylic acids is 1. The largest absolute Gasteiger partial charge is 0.490 e. The molecule has 1 amide bonds. The van der Waals surface area contributed by atoms with E-state index in [-0.39, 0.29) is 24.2 Å². The second-order valence-corrected chi connectivity index (χ2v) is 7.31.